The summed E-state index contributed by atoms with van der Waals surface area (Å²) in [7, 11) is 1.53. The van der Waals surface area contributed by atoms with E-state index in [4.69, 9.17) is 17.0 Å². The number of aromatic nitrogens is 1. The number of methoxy groups -OCH3 is 1. The van der Waals surface area contributed by atoms with Crippen LogP contribution in [0.4, 0.5) is 5.69 Å². The van der Waals surface area contributed by atoms with Crippen LogP contribution >= 0.6 is 23.6 Å². The highest BCUT2D eigenvalue weighted by atomic mass is 32.1. The number of phenols is 1. The van der Waals surface area contributed by atoms with Crippen LogP contribution in [0.1, 0.15) is 15.9 Å². The highest BCUT2D eigenvalue weighted by molar-refractivity contribution is 7.80. The van der Waals surface area contributed by atoms with Crippen LogP contribution in [0.25, 0.3) is 31.6 Å². The molecular weight excluding hydrogens is 478 g/mol. The fourth-order valence-electron chi connectivity index (χ4n) is 3.90. The van der Waals surface area contributed by atoms with Crippen molar-refractivity contribution in [2.45, 2.75) is 6.92 Å². The molecule has 5 aromatic rings. The van der Waals surface area contributed by atoms with Crippen LogP contribution < -0.4 is 15.4 Å². The Morgan fingerprint density at radius 2 is 1.74 bits per heavy atom. The topological polar surface area (TPSA) is 83.5 Å². The van der Waals surface area contributed by atoms with Crippen LogP contribution in [-0.2, 0) is 0 Å². The third-order valence-corrected chi connectivity index (χ3v) is 6.90. The van der Waals surface area contributed by atoms with Crippen LogP contribution in [0.3, 0.4) is 0 Å². The van der Waals surface area contributed by atoms with Crippen molar-refractivity contribution < 1.29 is 14.6 Å². The summed E-state index contributed by atoms with van der Waals surface area (Å²) in [6.45, 7) is 1.80. The molecule has 8 heteroatoms. The first-order chi connectivity index (χ1) is 16.9. The number of amides is 1. The average molecular weight is 500 g/mol. The Labute approximate surface area is 211 Å². The van der Waals surface area contributed by atoms with Gasteiger partial charge in [0, 0.05) is 5.69 Å². The van der Waals surface area contributed by atoms with Crippen LogP contribution in [-0.4, -0.2) is 28.2 Å². The first kappa shape index (κ1) is 22.8. The number of aromatic hydroxyl groups is 1. The van der Waals surface area contributed by atoms with E-state index in [2.05, 4.69) is 15.6 Å². The highest BCUT2D eigenvalue weighted by Crippen LogP contribution is 2.39. The summed E-state index contributed by atoms with van der Waals surface area (Å²) < 4.78 is 6.47. The third-order valence-electron chi connectivity index (χ3n) is 5.62. The number of nitrogens with zero attached hydrogens (tertiary/aromatic N) is 1. The standard InChI is InChI=1S/C27H21N3O3S2/c1-15-11-18(14-20(24(15)31)26-29-21-9-5-6-10-23(21)35-26)28-27(34)30-25(32)19-12-16-7-3-4-8-17(16)13-22(19)33-2/h3-14,31H,1-2H3,(H2,28,30,32,34). The Hall–Kier alpha value is -4.01. The van der Waals surface area contributed by atoms with E-state index in [0.717, 1.165) is 21.0 Å². The van der Waals surface area contributed by atoms with Crippen LogP contribution in [0.15, 0.2) is 72.8 Å². The number of nitrogens with one attached hydrogen (secondary N) is 2. The van der Waals surface area contributed by atoms with E-state index in [9.17, 15) is 9.90 Å². The van der Waals surface area contributed by atoms with Gasteiger partial charge >= 0.3 is 0 Å². The van der Waals surface area contributed by atoms with Crippen molar-refractivity contribution in [1.29, 1.82) is 0 Å². The van der Waals surface area contributed by atoms with Crippen molar-refractivity contribution in [3.05, 3.63) is 83.9 Å². The Bertz CT molecular complexity index is 1580. The maximum Gasteiger partial charge on any atom is 0.261 e. The number of carbonyl (C=O) groups is 1. The lowest BCUT2D eigenvalue weighted by molar-refractivity contribution is 0.0975. The molecule has 1 aromatic heterocycles. The summed E-state index contributed by atoms with van der Waals surface area (Å²) in [6.07, 6.45) is 0. The van der Waals surface area contributed by atoms with Gasteiger partial charge in [0.2, 0.25) is 0 Å². The number of hydrogen-bond acceptors (Lipinski definition) is 6. The molecular formula is C27H21N3O3S2. The van der Waals surface area contributed by atoms with Gasteiger partial charge in [-0.1, -0.05) is 36.4 Å². The van der Waals surface area contributed by atoms with Crippen LogP contribution in [0, 0.1) is 6.92 Å². The van der Waals surface area contributed by atoms with Crippen LogP contribution in [0.2, 0.25) is 0 Å². The summed E-state index contributed by atoms with van der Waals surface area (Å²) in [5, 5.41) is 19.2. The summed E-state index contributed by atoms with van der Waals surface area (Å²) in [5.41, 5.74) is 3.14. The largest absolute Gasteiger partial charge is 0.507 e. The molecule has 1 heterocycles. The molecule has 0 unspecified atom stereocenters. The van der Waals surface area contributed by atoms with Crippen molar-refractivity contribution in [2.24, 2.45) is 0 Å². The Kier molecular flexibility index (Phi) is 6.07. The molecule has 0 bridgehead atoms. The lowest BCUT2D eigenvalue weighted by atomic mass is 10.1. The molecule has 35 heavy (non-hydrogen) atoms. The molecule has 6 nitrogen and oxygen atoms in total. The molecule has 3 N–H and O–H groups in total. The molecule has 0 saturated carbocycles. The number of thiazole rings is 1. The minimum Gasteiger partial charge on any atom is -0.507 e. The summed E-state index contributed by atoms with van der Waals surface area (Å²) in [5.74, 6) is 0.236. The first-order valence-electron chi connectivity index (χ1n) is 10.8. The molecule has 0 spiro atoms. The highest BCUT2D eigenvalue weighted by Gasteiger charge is 2.17. The van der Waals surface area contributed by atoms with Gasteiger partial charge in [-0.25, -0.2) is 4.98 Å². The van der Waals surface area contributed by atoms with Gasteiger partial charge in [-0.2, -0.15) is 0 Å². The molecule has 0 fully saturated rings. The second kappa shape index (κ2) is 9.32. The van der Waals surface area contributed by atoms with E-state index >= 15 is 0 Å². The molecule has 0 aliphatic carbocycles. The van der Waals surface area contributed by atoms with Gasteiger partial charge in [0.1, 0.15) is 16.5 Å². The molecule has 0 saturated heterocycles. The predicted molar refractivity (Wildman–Crippen MR) is 146 cm³/mol. The van der Waals surface area contributed by atoms with E-state index in [0.29, 0.717) is 33.1 Å². The van der Waals surface area contributed by atoms with E-state index in [1.807, 2.05) is 54.6 Å². The fourth-order valence-corrected chi connectivity index (χ4v) is 5.09. The van der Waals surface area contributed by atoms with Gasteiger partial charge in [-0.05, 0) is 71.9 Å². The lowest BCUT2D eigenvalue weighted by Crippen LogP contribution is -2.34. The number of phenolic OH excluding ortho intramolecular Hbond substituents is 1. The fraction of sp³-hybridized carbons (Fsp3) is 0.0741. The summed E-state index contributed by atoms with van der Waals surface area (Å²) in [6, 6.07) is 22.7. The molecule has 174 valence electrons. The number of hydrogen-bond donors (Lipinski definition) is 3. The smallest absolute Gasteiger partial charge is 0.261 e. The molecule has 0 atom stereocenters. The van der Waals surface area contributed by atoms with Crippen molar-refractivity contribution in [3.63, 3.8) is 0 Å². The average Bonchev–Trinajstić information content (AvgIpc) is 3.29. The lowest BCUT2D eigenvalue weighted by Gasteiger charge is -2.14. The first-order valence-corrected chi connectivity index (χ1v) is 12.0. The number of para-hydroxylation sites is 1. The maximum atomic E-state index is 13.0. The van der Waals surface area contributed by atoms with Crippen molar-refractivity contribution in [3.8, 4) is 22.1 Å². The van der Waals surface area contributed by atoms with Gasteiger partial charge in [-0.3, -0.25) is 10.1 Å². The van der Waals surface area contributed by atoms with Gasteiger partial charge in [-0.15, -0.1) is 11.3 Å². The van der Waals surface area contributed by atoms with E-state index in [1.54, 1.807) is 25.1 Å². The molecule has 0 aliphatic rings. The second-order valence-electron chi connectivity index (χ2n) is 7.98. The van der Waals surface area contributed by atoms with Crippen molar-refractivity contribution in [1.82, 2.24) is 10.3 Å². The number of fused-ring (bicyclic) bond motifs is 2. The third kappa shape index (κ3) is 4.53. The summed E-state index contributed by atoms with van der Waals surface area (Å²) >= 11 is 6.92. The number of thiocarbonyl (C=S) groups is 1. The maximum absolute atomic E-state index is 13.0. The Morgan fingerprint density at radius 3 is 2.49 bits per heavy atom. The molecule has 0 aliphatic heterocycles. The Balaban J connectivity index is 1.39. The predicted octanol–water partition coefficient (Wildman–Crippen LogP) is 6.27. The Morgan fingerprint density at radius 1 is 1.03 bits per heavy atom. The number of aryl methyl sites for hydroxylation is 1. The van der Waals surface area contributed by atoms with Crippen molar-refractivity contribution in [2.75, 3.05) is 12.4 Å². The molecule has 4 aromatic carbocycles. The van der Waals surface area contributed by atoms with Gasteiger partial charge in [0.25, 0.3) is 5.91 Å². The monoisotopic (exact) mass is 499 g/mol. The minimum absolute atomic E-state index is 0.130. The van der Waals surface area contributed by atoms with Crippen LogP contribution in [0.5, 0.6) is 11.5 Å². The minimum atomic E-state index is -0.382. The van der Waals surface area contributed by atoms with Gasteiger partial charge in [0.05, 0.1) is 28.5 Å². The van der Waals surface area contributed by atoms with Gasteiger partial charge < -0.3 is 15.2 Å². The molecule has 5 rings (SSSR count). The van der Waals surface area contributed by atoms with E-state index in [1.165, 1.54) is 18.4 Å². The van der Waals surface area contributed by atoms with E-state index < -0.39 is 0 Å². The molecule has 0 radical (unpaired) electrons. The second-order valence-corrected chi connectivity index (χ2v) is 9.42. The number of anilines is 1. The molecule has 1 amide bonds. The van der Waals surface area contributed by atoms with E-state index in [-0.39, 0.29) is 16.8 Å². The number of rotatable bonds is 4. The summed E-state index contributed by atoms with van der Waals surface area (Å²) in [4.78, 5) is 17.7. The SMILES string of the molecule is COc1cc2ccccc2cc1C(=O)NC(=S)Nc1cc(C)c(O)c(-c2nc3ccccc3s2)c1. The number of ether oxygens (including phenoxy) is 1. The normalized spacial score (nSPS) is 10.9. The number of carbonyl (C=O) groups excluding carboxylic acids is 1. The zero-order valence-corrected chi connectivity index (χ0v) is 20.6. The van der Waals surface area contributed by atoms with Crippen molar-refractivity contribution >= 4 is 61.3 Å². The zero-order chi connectivity index (χ0) is 24.5. The quantitative estimate of drug-likeness (QED) is 0.200. The van der Waals surface area contributed by atoms with Gasteiger partial charge in [0.15, 0.2) is 5.11 Å². The number of benzene rings is 4. The zero-order valence-electron chi connectivity index (χ0n) is 19.0.